The fourth-order valence-electron chi connectivity index (χ4n) is 2.02. The molecule has 1 aliphatic rings. The molecule has 0 aromatic carbocycles. The molecule has 1 saturated heterocycles. The molecule has 1 aromatic heterocycles. The van der Waals surface area contributed by atoms with E-state index in [1.54, 1.807) is 6.92 Å². The molecule has 0 bridgehead atoms. The molecular formula is C10H13ClN2O4S2. The summed E-state index contributed by atoms with van der Waals surface area (Å²) in [6, 6.07) is 2.01. The Balaban J connectivity index is 2.36. The van der Waals surface area contributed by atoms with E-state index >= 15 is 0 Å². The van der Waals surface area contributed by atoms with E-state index < -0.39 is 25.9 Å². The van der Waals surface area contributed by atoms with Crippen molar-refractivity contribution in [2.75, 3.05) is 18.1 Å². The summed E-state index contributed by atoms with van der Waals surface area (Å²) < 4.78 is 48.9. The monoisotopic (exact) mass is 324 g/mol. The molecule has 0 amide bonds. The molecule has 0 N–H and O–H groups in total. The van der Waals surface area contributed by atoms with Crippen LogP contribution in [0.4, 0.5) is 0 Å². The lowest BCUT2D eigenvalue weighted by Crippen LogP contribution is -2.49. The third-order valence-electron chi connectivity index (χ3n) is 2.91. The van der Waals surface area contributed by atoms with E-state index in [0.717, 1.165) is 0 Å². The summed E-state index contributed by atoms with van der Waals surface area (Å²) in [7, 11) is -6.90. The summed E-state index contributed by atoms with van der Waals surface area (Å²) in [4.78, 5) is 3.75. The number of aromatic nitrogens is 1. The molecule has 2 heterocycles. The van der Waals surface area contributed by atoms with Crippen molar-refractivity contribution >= 4 is 31.5 Å². The van der Waals surface area contributed by atoms with Crippen LogP contribution in [0, 0.1) is 0 Å². The molecule has 1 aromatic rings. The second-order valence-electron chi connectivity index (χ2n) is 4.39. The highest BCUT2D eigenvalue weighted by atomic mass is 35.5. The van der Waals surface area contributed by atoms with Crippen LogP contribution in [-0.4, -0.2) is 50.2 Å². The first-order valence-electron chi connectivity index (χ1n) is 5.56. The minimum absolute atomic E-state index is 0.0265. The SMILES string of the molecule is CC1CS(=O)(=O)CCN1S(=O)(=O)c1ccnc(Cl)c1. The number of hydrogen-bond donors (Lipinski definition) is 0. The van der Waals surface area contributed by atoms with Crippen molar-refractivity contribution in [2.24, 2.45) is 0 Å². The molecule has 6 nitrogen and oxygen atoms in total. The molecule has 1 atom stereocenters. The van der Waals surface area contributed by atoms with E-state index in [1.165, 1.54) is 22.6 Å². The van der Waals surface area contributed by atoms with E-state index in [0.29, 0.717) is 0 Å². The Labute approximate surface area is 117 Å². The molecule has 2 rings (SSSR count). The van der Waals surface area contributed by atoms with Crippen LogP contribution in [0.1, 0.15) is 6.92 Å². The second kappa shape index (κ2) is 5.01. The van der Waals surface area contributed by atoms with Crippen LogP contribution < -0.4 is 0 Å². The minimum atomic E-state index is -3.74. The maximum absolute atomic E-state index is 12.4. The zero-order valence-electron chi connectivity index (χ0n) is 10.2. The minimum Gasteiger partial charge on any atom is -0.244 e. The average molecular weight is 325 g/mol. The standard InChI is InChI=1S/C10H13ClN2O4S2/c1-8-7-18(14,15)5-4-13(8)19(16,17)9-2-3-12-10(11)6-9/h2-3,6,8H,4-5,7H2,1H3. The van der Waals surface area contributed by atoms with Crippen LogP contribution >= 0.6 is 11.6 Å². The highest BCUT2D eigenvalue weighted by molar-refractivity contribution is 7.92. The Hall–Kier alpha value is -0.700. The second-order valence-corrected chi connectivity index (χ2v) is 8.90. The van der Waals surface area contributed by atoms with Crippen molar-refractivity contribution in [3.63, 3.8) is 0 Å². The lowest BCUT2D eigenvalue weighted by Gasteiger charge is -2.32. The molecule has 106 valence electrons. The van der Waals surface area contributed by atoms with Crippen LogP contribution in [0.15, 0.2) is 23.2 Å². The van der Waals surface area contributed by atoms with Crippen molar-refractivity contribution in [3.8, 4) is 0 Å². The Bertz CT molecular complexity index is 687. The van der Waals surface area contributed by atoms with Gasteiger partial charge in [-0.3, -0.25) is 0 Å². The summed E-state index contributed by atoms with van der Waals surface area (Å²) in [5.74, 6) is -0.319. The Morgan fingerprint density at radius 2 is 2.16 bits per heavy atom. The van der Waals surface area contributed by atoms with Gasteiger partial charge in [-0.2, -0.15) is 4.31 Å². The Morgan fingerprint density at radius 3 is 2.74 bits per heavy atom. The average Bonchev–Trinajstić information content (AvgIpc) is 2.27. The first-order valence-corrected chi connectivity index (χ1v) is 9.20. The lowest BCUT2D eigenvalue weighted by atomic mass is 10.4. The molecule has 9 heteroatoms. The molecule has 0 spiro atoms. The van der Waals surface area contributed by atoms with E-state index in [-0.39, 0.29) is 28.1 Å². The van der Waals surface area contributed by atoms with Crippen molar-refractivity contribution in [1.29, 1.82) is 0 Å². The summed E-state index contributed by atoms with van der Waals surface area (Å²) >= 11 is 5.68. The van der Waals surface area contributed by atoms with Gasteiger partial charge in [-0.1, -0.05) is 11.6 Å². The van der Waals surface area contributed by atoms with Gasteiger partial charge < -0.3 is 0 Å². The third kappa shape index (κ3) is 3.07. The summed E-state index contributed by atoms with van der Waals surface area (Å²) in [6.45, 7) is 1.54. The fourth-order valence-corrected chi connectivity index (χ4v) is 5.67. The van der Waals surface area contributed by atoms with E-state index in [9.17, 15) is 16.8 Å². The van der Waals surface area contributed by atoms with Crippen LogP contribution in [0.25, 0.3) is 0 Å². The van der Waals surface area contributed by atoms with Gasteiger partial charge in [0.15, 0.2) is 9.84 Å². The van der Waals surface area contributed by atoms with E-state index in [4.69, 9.17) is 11.6 Å². The smallest absolute Gasteiger partial charge is 0.243 e. The van der Waals surface area contributed by atoms with Crippen LogP contribution in [-0.2, 0) is 19.9 Å². The molecule has 0 radical (unpaired) electrons. The topological polar surface area (TPSA) is 84.4 Å². The van der Waals surface area contributed by atoms with Gasteiger partial charge in [0.25, 0.3) is 0 Å². The first-order chi connectivity index (χ1) is 8.72. The molecule has 1 unspecified atom stereocenters. The van der Waals surface area contributed by atoms with E-state index in [1.807, 2.05) is 0 Å². The predicted octanol–water partition coefficient (Wildman–Crippen LogP) is 0.543. The highest BCUT2D eigenvalue weighted by Crippen LogP contribution is 2.23. The van der Waals surface area contributed by atoms with Crippen LogP contribution in [0.5, 0.6) is 0 Å². The Kier molecular flexibility index (Phi) is 3.87. The maximum atomic E-state index is 12.4. The summed E-state index contributed by atoms with van der Waals surface area (Å²) in [6.07, 6.45) is 1.31. The molecular weight excluding hydrogens is 312 g/mol. The van der Waals surface area contributed by atoms with Crippen LogP contribution in [0.3, 0.4) is 0 Å². The number of pyridine rings is 1. The van der Waals surface area contributed by atoms with E-state index in [2.05, 4.69) is 4.98 Å². The molecule has 19 heavy (non-hydrogen) atoms. The molecule has 0 saturated carbocycles. The van der Waals surface area contributed by atoms with Gasteiger partial charge in [-0.25, -0.2) is 21.8 Å². The van der Waals surface area contributed by atoms with Crippen molar-refractivity contribution < 1.29 is 16.8 Å². The van der Waals surface area contributed by atoms with Gasteiger partial charge in [0.1, 0.15) is 5.15 Å². The third-order valence-corrected chi connectivity index (χ3v) is 6.93. The van der Waals surface area contributed by atoms with Gasteiger partial charge >= 0.3 is 0 Å². The van der Waals surface area contributed by atoms with Gasteiger partial charge in [0.05, 0.1) is 16.4 Å². The Morgan fingerprint density at radius 1 is 1.47 bits per heavy atom. The number of halogens is 1. The number of sulfonamides is 1. The summed E-state index contributed by atoms with van der Waals surface area (Å²) in [5, 5.41) is 0.0818. The highest BCUT2D eigenvalue weighted by Gasteiger charge is 2.36. The van der Waals surface area contributed by atoms with Crippen molar-refractivity contribution in [3.05, 3.63) is 23.5 Å². The van der Waals surface area contributed by atoms with Gasteiger partial charge in [0, 0.05) is 18.8 Å². The largest absolute Gasteiger partial charge is 0.244 e. The van der Waals surface area contributed by atoms with Gasteiger partial charge in [-0.05, 0) is 19.1 Å². The maximum Gasteiger partial charge on any atom is 0.243 e. The zero-order chi connectivity index (χ0) is 14.3. The predicted molar refractivity (Wildman–Crippen MR) is 71.3 cm³/mol. The normalized spacial score (nSPS) is 24.2. The van der Waals surface area contributed by atoms with Crippen molar-refractivity contribution in [2.45, 2.75) is 17.9 Å². The van der Waals surface area contributed by atoms with Gasteiger partial charge in [0.2, 0.25) is 10.0 Å². The number of rotatable bonds is 2. The number of nitrogens with zero attached hydrogens (tertiary/aromatic N) is 2. The fraction of sp³-hybridized carbons (Fsp3) is 0.500. The van der Waals surface area contributed by atoms with Gasteiger partial charge in [-0.15, -0.1) is 0 Å². The zero-order valence-corrected chi connectivity index (χ0v) is 12.5. The summed E-state index contributed by atoms with van der Waals surface area (Å²) in [5.41, 5.74) is 0. The molecule has 0 aliphatic carbocycles. The molecule has 1 aliphatic heterocycles. The first kappa shape index (κ1) is 14.7. The number of sulfone groups is 1. The lowest BCUT2D eigenvalue weighted by molar-refractivity contribution is 0.357. The van der Waals surface area contributed by atoms with Crippen LogP contribution in [0.2, 0.25) is 5.15 Å². The van der Waals surface area contributed by atoms with Crippen molar-refractivity contribution in [1.82, 2.24) is 9.29 Å². The quantitative estimate of drug-likeness (QED) is 0.741. The molecule has 1 fully saturated rings. The number of hydrogen-bond acceptors (Lipinski definition) is 5.